The smallest absolute Gasteiger partial charge is 0.337 e. The fourth-order valence-corrected chi connectivity index (χ4v) is 3.89. The molecule has 0 aromatic heterocycles. The number of carbonyl (C=O) groups is 3. The standard InChI is InChI=1S/C18H16ClNO8S/c1-26-16(21)10-4-5-14(19)15(9-10)29(24,25)20-13-7-11(17(22)27-2)6-12(8-13)18(23)28-3/h4-9,20H,1-3H3. The number of methoxy groups -OCH3 is 3. The fourth-order valence-electron chi connectivity index (χ4n) is 2.32. The second kappa shape index (κ2) is 8.93. The average Bonchev–Trinajstić information content (AvgIpc) is 2.71. The maximum atomic E-state index is 12.8. The number of hydrogen-bond acceptors (Lipinski definition) is 8. The minimum Gasteiger partial charge on any atom is -0.465 e. The molecule has 9 nitrogen and oxygen atoms in total. The predicted octanol–water partition coefficient (Wildman–Crippen LogP) is 2.50. The van der Waals surface area contributed by atoms with E-state index in [-0.39, 0.29) is 27.4 Å². The molecule has 11 heteroatoms. The topological polar surface area (TPSA) is 125 Å². The lowest BCUT2D eigenvalue weighted by atomic mass is 10.1. The Hall–Kier alpha value is -3.11. The summed E-state index contributed by atoms with van der Waals surface area (Å²) in [5.41, 5.74) is -0.311. The van der Waals surface area contributed by atoms with Gasteiger partial charge in [0.1, 0.15) is 4.90 Å². The molecular weight excluding hydrogens is 426 g/mol. The van der Waals surface area contributed by atoms with Gasteiger partial charge in [-0.25, -0.2) is 22.8 Å². The minimum atomic E-state index is -4.30. The molecule has 29 heavy (non-hydrogen) atoms. The van der Waals surface area contributed by atoms with Crippen molar-refractivity contribution >= 4 is 45.2 Å². The highest BCUT2D eigenvalue weighted by Crippen LogP contribution is 2.26. The lowest BCUT2D eigenvalue weighted by Gasteiger charge is -2.12. The molecule has 0 aliphatic carbocycles. The van der Waals surface area contributed by atoms with E-state index in [0.717, 1.165) is 27.4 Å². The number of nitrogens with one attached hydrogen (secondary N) is 1. The van der Waals surface area contributed by atoms with Crippen LogP contribution in [0.15, 0.2) is 41.3 Å². The van der Waals surface area contributed by atoms with Crippen LogP contribution in [0.4, 0.5) is 5.69 Å². The van der Waals surface area contributed by atoms with Crippen LogP contribution >= 0.6 is 11.6 Å². The molecule has 0 unspecified atom stereocenters. The van der Waals surface area contributed by atoms with Crippen molar-refractivity contribution in [1.29, 1.82) is 0 Å². The van der Waals surface area contributed by atoms with E-state index in [9.17, 15) is 22.8 Å². The summed E-state index contributed by atoms with van der Waals surface area (Å²) in [6.07, 6.45) is 0. The number of carbonyl (C=O) groups excluding carboxylic acids is 3. The van der Waals surface area contributed by atoms with Gasteiger partial charge in [-0.05, 0) is 36.4 Å². The summed E-state index contributed by atoms with van der Waals surface area (Å²) < 4.78 is 41.6. The van der Waals surface area contributed by atoms with Crippen LogP contribution < -0.4 is 4.72 Å². The third-order valence-corrected chi connectivity index (χ3v) is 5.53. The molecule has 0 amide bonds. The van der Waals surface area contributed by atoms with Crippen molar-refractivity contribution in [3.05, 3.63) is 58.1 Å². The van der Waals surface area contributed by atoms with E-state index in [2.05, 4.69) is 18.9 Å². The Labute approximate surface area is 171 Å². The van der Waals surface area contributed by atoms with Crippen LogP contribution in [0, 0.1) is 0 Å². The van der Waals surface area contributed by atoms with Crippen LogP contribution in [0.1, 0.15) is 31.1 Å². The molecule has 0 aliphatic heterocycles. The van der Waals surface area contributed by atoms with Crippen LogP contribution in [0.3, 0.4) is 0 Å². The van der Waals surface area contributed by atoms with E-state index in [1.54, 1.807) is 0 Å². The monoisotopic (exact) mass is 441 g/mol. The van der Waals surface area contributed by atoms with E-state index >= 15 is 0 Å². The first kappa shape index (κ1) is 22.2. The minimum absolute atomic E-state index is 0.0316. The summed E-state index contributed by atoms with van der Waals surface area (Å²) in [6.45, 7) is 0. The van der Waals surface area contributed by atoms with Crippen molar-refractivity contribution in [2.24, 2.45) is 0 Å². The van der Waals surface area contributed by atoms with Crippen molar-refractivity contribution in [1.82, 2.24) is 0 Å². The molecule has 0 atom stereocenters. The van der Waals surface area contributed by atoms with E-state index in [4.69, 9.17) is 11.6 Å². The molecule has 2 rings (SSSR count). The SMILES string of the molecule is COC(=O)c1cc(NS(=O)(=O)c2cc(C(=O)OC)ccc2Cl)cc(C(=O)OC)c1. The first-order chi connectivity index (χ1) is 13.6. The summed E-state index contributed by atoms with van der Waals surface area (Å²) in [5, 5.41) is -0.150. The number of esters is 3. The highest BCUT2D eigenvalue weighted by atomic mass is 35.5. The second-order valence-electron chi connectivity index (χ2n) is 5.52. The molecule has 0 radical (unpaired) electrons. The van der Waals surface area contributed by atoms with Crippen molar-refractivity contribution in [3.63, 3.8) is 0 Å². The lowest BCUT2D eigenvalue weighted by molar-refractivity contribution is 0.0587. The molecule has 0 heterocycles. The van der Waals surface area contributed by atoms with Gasteiger partial charge in [0, 0.05) is 0 Å². The molecule has 0 spiro atoms. The van der Waals surface area contributed by atoms with E-state index in [1.165, 1.54) is 30.3 Å². The molecule has 0 aliphatic rings. The van der Waals surface area contributed by atoms with Crippen LogP contribution in [0.25, 0.3) is 0 Å². The van der Waals surface area contributed by atoms with Gasteiger partial charge in [-0.2, -0.15) is 0 Å². The van der Waals surface area contributed by atoms with Crippen molar-refractivity contribution in [2.75, 3.05) is 26.1 Å². The van der Waals surface area contributed by atoms with Gasteiger partial charge >= 0.3 is 17.9 Å². The van der Waals surface area contributed by atoms with E-state index in [1.807, 2.05) is 0 Å². The first-order valence-corrected chi connectivity index (χ1v) is 9.71. The highest BCUT2D eigenvalue weighted by molar-refractivity contribution is 7.92. The van der Waals surface area contributed by atoms with Crippen LogP contribution in [0.2, 0.25) is 5.02 Å². The van der Waals surface area contributed by atoms with Gasteiger partial charge in [0.15, 0.2) is 0 Å². The molecular formula is C18H16ClNO8S. The summed E-state index contributed by atoms with van der Waals surface area (Å²) in [5.74, 6) is -2.33. The van der Waals surface area contributed by atoms with Crippen LogP contribution in [0.5, 0.6) is 0 Å². The summed E-state index contributed by atoms with van der Waals surface area (Å²) in [4.78, 5) is 35.0. The molecule has 1 N–H and O–H groups in total. The molecule has 0 fully saturated rings. The van der Waals surface area contributed by atoms with Gasteiger partial charge in [0.25, 0.3) is 10.0 Å². The Morgan fingerprint density at radius 1 is 0.793 bits per heavy atom. The highest BCUT2D eigenvalue weighted by Gasteiger charge is 2.22. The Morgan fingerprint density at radius 3 is 1.76 bits per heavy atom. The third kappa shape index (κ3) is 5.04. The second-order valence-corrected chi connectivity index (χ2v) is 7.58. The van der Waals surface area contributed by atoms with Crippen LogP contribution in [-0.2, 0) is 24.2 Å². The quantitative estimate of drug-likeness (QED) is 0.535. The Balaban J connectivity index is 2.53. The zero-order chi connectivity index (χ0) is 21.8. The molecule has 154 valence electrons. The number of benzene rings is 2. The Morgan fingerprint density at radius 2 is 1.28 bits per heavy atom. The number of anilines is 1. The van der Waals surface area contributed by atoms with Crippen molar-refractivity contribution in [2.45, 2.75) is 4.90 Å². The molecule has 2 aromatic rings. The van der Waals surface area contributed by atoms with E-state index < -0.39 is 32.8 Å². The van der Waals surface area contributed by atoms with Crippen molar-refractivity contribution < 1.29 is 37.0 Å². The van der Waals surface area contributed by atoms with Crippen LogP contribution in [-0.4, -0.2) is 47.7 Å². The Kier molecular flexibility index (Phi) is 6.83. The van der Waals surface area contributed by atoms with Gasteiger partial charge in [-0.1, -0.05) is 11.6 Å². The average molecular weight is 442 g/mol. The number of halogens is 1. The third-order valence-electron chi connectivity index (χ3n) is 3.67. The summed E-state index contributed by atoms with van der Waals surface area (Å²) >= 11 is 5.98. The molecule has 0 saturated heterocycles. The number of hydrogen-bond donors (Lipinski definition) is 1. The number of rotatable bonds is 6. The molecule has 0 saturated carbocycles. The van der Waals surface area contributed by atoms with Gasteiger partial charge in [0.05, 0.1) is 48.7 Å². The van der Waals surface area contributed by atoms with Crippen molar-refractivity contribution in [3.8, 4) is 0 Å². The van der Waals surface area contributed by atoms with Gasteiger partial charge in [-0.3, -0.25) is 4.72 Å². The lowest BCUT2D eigenvalue weighted by Crippen LogP contribution is -2.16. The normalized spacial score (nSPS) is 10.8. The predicted molar refractivity (Wildman–Crippen MR) is 103 cm³/mol. The fraction of sp³-hybridized carbons (Fsp3) is 0.167. The number of sulfonamides is 1. The number of ether oxygens (including phenoxy) is 3. The maximum Gasteiger partial charge on any atom is 0.337 e. The largest absolute Gasteiger partial charge is 0.465 e. The maximum absolute atomic E-state index is 12.8. The summed E-state index contributed by atoms with van der Waals surface area (Å²) in [6, 6.07) is 7.12. The molecule has 2 aromatic carbocycles. The van der Waals surface area contributed by atoms with E-state index in [0.29, 0.717) is 0 Å². The first-order valence-electron chi connectivity index (χ1n) is 7.85. The zero-order valence-corrected chi connectivity index (χ0v) is 17.1. The van der Waals surface area contributed by atoms with Gasteiger partial charge in [0.2, 0.25) is 0 Å². The Bertz CT molecular complexity index is 1050. The summed E-state index contributed by atoms with van der Waals surface area (Å²) in [7, 11) is -0.884. The molecule has 0 bridgehead atoms. The van der Waals surface area contributed by atoms with Gasteiger partial charge < -0.3 is 14.2 Å². The zero-order valence-electron chi connectivity index (χ0n) is 15.5. The van der Waals surface area contributed by atoms with Gasteiger partial charge in [-0.15, -0.1) is 0 Å².